The lowest BCUT2D eigenvalue weighted by Crippen LogP contribution is -1.98. The molecule has 0 saturated heterocycles. The summed E-state index contributed by atoms with van der Waals surface area (Å²) >= 11 is 6.29. The van der Waals surface area contributed by atoms with Crippen LogP contribution in [0.2, 0.25) is 0 Å². The summed E-state index contributed by atoms with van der Waals surface area (Å²) in [5.74, 6) is 2.56. The summed E-state index contributed by atoms with van der Waals surface area (Å²) in [6, 6.07) is 0. The van der Waals surface area contributed by atoms with Gasteiger partial charge in [0.1, 0.15) is 0 Å². The first kappa shape index (κ1) is 16.2. The Labute approximate surface area is 126 Å². The molecule has 0 radical (unpaired) electrons. The lowest BCUT2D eigenvalue weighted by Gasteiger charge is -2.04. The van der Waals surface area contributed by atoms with Gasteiger partial charge in [-0.25, -0.2) is 0 Å². The molecule has 0 unspecified atom stereocenters. The summed E-state index contributed by atoms with van der Waals surface area (Å²) in [5, 5.41) is 8.44. The van der Waals surface area contributed by atoms with E-state index in [1.165, 1.54) is 0 Å². The van der Waals surface area contributed by atoms with E-state index in [1.54, 1.807) is 13.1 Å². The molecule has 0 aromatic carbocycles. The molecular weight excluding hydrogens is 268 g/mol. The van der Waals surface area contributed by atoms with Gasteiger partial charge in [0, 0.05) is 29.8 Å². The van der Waals surface area contributed by atoms with Gasteiger partial charge in [0.25, 0.3) is 0 Å². The van der Waals surface area contributed by atoms with E-state index in [2.05, 4.69) is 10.9 Å². The average molecular weight is 287 g/mol. The predicted octanol–water partition coefficient (Wildman–Crippen LogP) is 4.45. The van der Waals surface area contributed by atoms with Crippen LogP contribution >= 0.6 is 11.6 Å². The van der Waals surface area contributed by atoms with E-state index in [0.717, 1.165) is 22.7 Å². The van der Waals surface area contributed by atoms with E-state index in [4.69, 9.17) is 23.4 Å². The number of rotatable bonds is 5. The van der Waals surface area contributed by atoms with Gasteiger partial charge in [-0.15, -0.1) is 12.3 Å². The maximum atomic E-state index is 7.68. The lowest BCUT2D eigenvalue weighted by atomic mass is 10.1. The van der Waals surface area contributed by atoms with Crippen LogP contribution < -0.4 is 0 Å². The highest BCUT2D eigenvalue weighted by Gasteiger charge is 2.10. The van der Waals surface area contributed by atoms with Crippen molar-refractivity contribution in [3.05, 3.63) is 47.1 Å². The van der Waals surface area contributed by atoms with Gasteiger partial charge in [-0.05, 0) is 37.5 Å². The standard InChI is InChI=1S/C17H19ClN2/c1-3-4-5-6-7-8-9-17(20-2)15-12-10-14(19)11-13-16(15)18/h1,5-6,8-10,12,19H,4,7,11,13H2,2H3/b6-5?,9-8+,19-14?,20-17?. The maximum Gasteiger partial charge on any atom is 0.0651 e. The van der Waals surface area contributed by atoms with Crippen LogP contribution in [0.3, 0.4) is 0 Å². The summed E-state index contributed by atoms with van der Waals surface area (Å²) in [4.78, 5) is 4.27. The number of nitrogens with zero attached hydrogens (tertiary/aromatic N) is 1. The van der Waals surface area contributed by atoms with E-state index >= 15 is 0 Å². The van der Waals surface area contributed by atoms with Crippen LogP contribution in [0.1, 0.15) is 25.7 Å². The predicted molar refractivity (Wildman–Crippen MR) is 88.7 cm³/mol. The molecule has 1 aliphatic carbocycles. The highest BCUT2D eigenvalue weighted by molar-refractivity contribution is 6.33. The van der Waals surface area contributed by atoms with Crippen molar-refractivity contribution in [2.75, 3.05) is 7.05 Å². The third-order valence-corrected chi connectivity index (χ3v) is 3.22. The minimum absolute atomic E-state index is 0.592. The maximum absolute atomic E-state index is 7.68. The van der Waals surface area contributed by atoms with Crippen molar-refractivity contribution >= 4 is 23.0 Å². The van der Waals surface area contributed by atoms with Crippen molar-refractivity contribution in [3.63, 3.8) is 0 Å². The van der Waals surface area contributed by atoms with Gasteiger partial charge in [0.15, 0.2) is 0 Å². The van der Waals surface area contributed by atoms with Gasteiger partial charge in [-0.1, -0.05) is 29.8 Å². The molecule has 1 rings (SSSR count). The first-order chi connectivity index (χ1) is 9.69. The Morgan fingerprint density at radius 3 is 2.90 bits per heavy atom. The monoisotopic (exact) mass is 286 g/mol. The summed E-state index contributed by atoms with van der Waals surface area (Å²) in [6.07, 6.45) is 19.6. The summed E-state index contributed by atoms with van der Waals surface area (Å²) < 4.78 is 0. The number of hydrogen-bond donors (Lipinski definition) is 1. The van der Waals surface area contributed by atoms with E-state index in [1.807, 2.05) is 30.4 Å². The summed E-state index contributed by atoms with van der Waals surface area (Å²) in [5.41, 5.74) is 2.33. The quantitative estimate of drug-likeness (QED) is 0.440. The van der Waals surface area contributed by atoms with Gasteiger partial charge in [-0.3, -0.25) is 4.99 Å². The van der Waals surface area contributed by atoms with Crippen molar-refractivity contribution in [2.24, 2.45) is 4.99 Å². The van der Waals surface area contributed by atoms with Crippen LogP contribution in [-0.4, -0.2) is 18.5 Å². The molecule has 3 heteroatoms. The third kappa shape index (κ3) is 5.42. The average Bonchev–Trinajstić information content (AvgIpc) is 2.61. The van der Waals surface area contributed by atoms with Crippen molar-refractivity contribution in [1.82, 2.24) is 0 Å². The lowest BCUT2D eigenvalue weighted by molar-refractivity contribution is 1.07. The van der Waals surface area contributed by atoms with Gasteiger partial charge in [0.2, 0.25) is 0 Å². The molecule has 0 atom stereocenters. The van der Waals surface area contributed by atoms with Crippen LogP contribution in [0.4, 0.5) is 0 Å². The minimum atomic E-state index is 0.592. The molecule has 0 aromatic heterocycles. The second-order valence-corrected chi connectivity index (χ2v) is 4.76. The van der Waals surface area contributed by atoms with Crippen molar-refractivity contribution in [3.8, 4) is 12.3 Å². The number of terminal acetylenes is 1. The van der Waals surface area contributed by atoms with Gasteiger partial charge in [0.05, 0.1) is 5.71 Å². The molecule has 1 aliphatic rings. The molecule has 2 nitrogen and oxygen atoms in total. The molecule has 0 saturated carbocycles. The Morgan fingerprint density at radius 1 is 1.40 bits per heavy atom. The van der Waals surface area contributed by atoms with Crippen molar-refractivity contribution in [2.45, 2.75) is 25.7 Å². The Morgan fingerprint density at radius 2 is 2.20 bits per heavy atom. The number of nitrogens with one attached hydrogen (secondary N) is 1. The van der Waals surface area contributed by atoms with Crippen LogP contribution in [0.5, 0.6) is 0 Å². The SMILES string of the molecule is C#CCC=CC/C=C/C(=NC)C1=C(Cl)CCC(=N)C=C1. The highest BCUT2D eigenvalue weighted by Crippen LogP contribution is 2.22. The molecule has 0 fully saturated rings. The second-order valence-electron chi connectivity index (χ2n) is 4.30. The second kappa shape index (κ2) is 9.12. The number of allylic oxidation sites excluding steroid dienone is 8. The fourth-order valence-corrected chi connectivity index (χ4v) is 2.01. The number of halogens is 1. The fourth-order valence-electron chi connectivity index (χ4n) is 1.75. The molecule has 0 aliphatic heterocycles. The fraction of sp³-hybridized carbons (Fsp3) is 0.294. The van der Waals surface area contributed by atoms with Crippen LogP contribution in [0.15, 0.2) is 52.1 Å². The van der Waals surface area contributed by atoms with Gasteiger partial charge >= 0.3 is 0 Å². The number of aliphatic imine (C=N–C) groups is 1. The van der Waals surface area contributed by atoms with Crippen molar-refractivity contribution in [1.29, 1.82) is 5.41 Å². The van der Waals surface area contributed by atoms with Gasteiger partial charge in [-0.2, -0.15) is 0 Å². The first-order valence-electron chi connectivity index (χ1n) is 6.55. The Kier molecular flexibility index (Phi) is 7.39. The Balaban J connectivity index is 2.76. The molecule has 0 amide bonds. The molecule has 0 aromatic rings. The van der Waals surface area contributed by atoms with Crippen LogP contribution in [-0.2, 0) is 0 Å². The Bertz CT molecular complexity index is 540. The minimum Gasteiger partial charge on any atom is -0.305 e. The smallest absolute Gasteiger partial charge is 0.0651 e. The molecule has 0 spiro atoms. The zero-order chi connectivity index (χ0) is 14.8. The Hall–Kier alpha value is -1.85. The molecule has 104 valence electrons. The molecular formula is C17H19ClN2. The first-order valence-corrected chi connectivity index (χ1v) is 6.93. The topological polar surface area (TPSA) is 36.2 Å². The zero-order valence-electron chi connectivity index (χ0n) is 11.7. The number of hydrogen-bond acceptors (Lipinski definition) is 2. The summed E-state index contributed by atoms with van der Waals surface area (Å²) in [7, 11) is 1.75. The molecule has 0 heterocycles. The molecule has 0 bridgehead atoms. The molecule has 1 N–H and O–H groups in total. The third-order valence-electron chi connectivity index (χ3n) is 2.82. The van der Waals surface area contributed by atoms with Crippen LogP contribution in [0, 0.1) is 17.8 Å². The van der Waals surface area contributed by atoms with Crippen molar-refractivity contribution < 1.29 is 0 Å². The normalized spacial score (nSPS) is 17.1. The molecule has 20 heavy (non-hydrogen) atoms. The summed E-state index contributed by atoms with van der Waals surface area (Å²) in [6.45, 7) is 0. The zero-order valence-corrected chi connectivity index (χ0v) is 12.5. The van der Waals surface area contributed by atoms with E-state index in [9.17, 15) is 0 Å². The van der Waals surface area contributed by atoms with Crippen LogP contribution in [0.25, 0.3) is 0 Å². The largest absolute Gasteiger partial charge is 0.305 e. The highest BCUT2D eigenvalue weighted by atomic mass is 35.5. The van der Waals surface area contributed by atoms with E-state index in [0.29, 0.717) is 25.0 Å². The van der Waals surface area contributed by atoms with Gasteiger partial charge < -0.3 is 5.41 Å². The van der Waals surface area contributed by atoms with E-state index in [-0.39, 0.29) is 0 Å². The van der Waals surface area contributed by atoms with E-state index < -0.39 is 0 Å².